The average molecular weight is 360 g/mol. The van der Waals surface area contributed by atoms with Gasteiger partial charge in [-0.1, -0.05) is 6.07 Å². The first-order chi connectivity index (χ1) is 13.4. The van der Waals surface area contributed by atoms with Gasteiger partial charge in [-0.05, 0) is 43.4 Å². The summed E-state index contributed by atoms with van der Waals surface area (Å²) in [6, 6.07) is 8.04. The van der Waals surface area contributed by atoms with Gasteiger partial charge in [0, 0.05) is 31.2 Å². The molecule has 0 amide bonds. The first-order valence-corrected chi connectivity index (χ1v) is 9.21. The van der Waals surface area contributed by atoms with Gasteiger partial charge in [0.25, 0.3) is 0 Å². The number of H-pyrrole nitrogens is 1. The Balaban J connectivity index is 1.36. The van der Waals surface area contributed by atoms with Crippen LogP contribution in [0.5, 0.6) is 0 Å². The van der Waals surface area contributed by atoms with Gasteiger partial charge in [-0.3, -0.25) is 0 Å². The third kappa shape index (κ3) is 3.14. The van der Waals surface area contributed by atoms with Crippen molar-refractivity contribution < 1.29 is 0 Å². The molecule has 5 rings (SSSR count). The molecule has 0 aromatic carbocycles. The van der Waals surface area contributed by atoms with Crippen molar-refractivity contribution in [2.24, 2.45) is 5.92 Å². The molecule has 0 radical (unpaired) electrons. The molecule has 1 fully saturated rings. The van der Waals surface area contributed by atoms with Gasteiger partial charge in [-0.25, -0.2) is 20.1 Å². The van der Waals surface area contributed by atoms with Crippen LogP contribution in [0, 0.1) is 5.92 Å². The van der Waals surface area contributed by atoms with Crippen molar-refractivity contribution in [2.75, 3.05) is 18.0 Å². The number of aromatic nitrogens is 7. The SMILES string of the molecule is c1ccn2cnc(-c3nccc(C[C@@H]4CCCN(c5ncn[nH]5)C4)n3)c2c1. The number of piperidine rings is 1. The van der Waals surface area contributed by atoms with E-state index < -0.39 is 0 Å². The first kappa shape index (κ1) is 15.9. The minimum atomic E-state index is 0.533. The Kier molecular flexibility index (Phi) is 4.00. The minimum absolute atomic E-state index is 0.533. The summed E-state index contributed by atoms with van der Waals surface area (Å²) in [4.78, 5) is 20.3. The first-order valence-electron chi connectivity index (χ1n) is 9.21. The number of anilines is 1. The van der Waals surface area contributed by atoms with Gasteiger partial charge in [0.1, 0.15) is 18.3 Å². The van der Waals surface area contributed by atoms with Crippen LogP contribution in [0.3, 0.4) is 0 Å². The molecule has 0 aliphatic carbocycles. The Morgan fingerprint density at radius 3 is 3.07 bits per heavy atom. The highest BCUT2D eigenvalue weighted by Gasteiger charge is 2.22. The minimum Gasteiger partial charge on any atom is -0.341 e. The maximum atomic E-state index is 4.81. The Bertz CT molecular complexity index is 1040. The molecule has 8 nitrogen and oxygen atoms in total. The van der Waals surface area contributed by atoms with Crippen LogP contribution in [0.15, 0.2) is 49.3 Å². The van der Waals surface area contributed by atoms with Crippen LogP contribution in [0.25, 0.3) is 17.0 Å². The smallest absolute Gasteiger partial charge is 0.221 e. The maximum absolute atomic E-state index is 4.81. The summed E-state index contributed by atoms with van der Waals surface area (Å²) in [6.45, 7) is 1.98. The molecule has 4 aromatic rings. The Labute approximate surface area is 156 Å². The molecule has 1 aliphatic heterocycles. The van der Waals surface area contributed by atoms with Crippen molar-refractivity contribution in [3.63, 3.8) is 0 Å². The van der Waals surface area contributed by atoms with E-state index in [1.807, 2.05) is 41.1 Å². The lowest BCUT2D eigenvalue weighted by Crippen LogP contribution is -2.37. The van der Waals surface area contributed by atoms with Crippen LogP contribution in [-0.4, -0.2) is 47.6 Å². The lowest BCUT2D eigenvalue weighted by molar-refractivity contribution is 0.406. The number of pyridine rings is 1. The number of hydrogen-bond donors (Lipinski definition) is 1. The van der Waals surface area contributed by atoms with E-state index in [-0.39, 0.29) is 0 Å². The fourth-order valence-corrected chi connectivity index (χ4v) is 3.81. The van der Waals surface area contributed by atoms with Crippen LogP contribution < -0.4 is 4.90 Å². The van der Waals surface area contributed by atoms with Crippen molar-refractivity contribution >= 4 is 11.5 Å². The van der Waals surface area contributed by atoms with Gasteiger partial charge in [0.15, 0.2) is 5.82 Å². The summed E-state index contributed by atoms with van der Waals surface area (Å²) in [7, 11) is 0. The molecule has 0 saturated carbocycles. The van der Waals surface area contributed by atoms with E-state index in [9.17, 15) is 0 Å². The zero-order valence-corrected chi connectivity index (χ0v) is 14.9. The highest BCUT2D eigenvalue weighted by Crippen LogP contribution is 2.24. The molecule has 1 saturated heterocycles. The van der Waals surface area contributed by atoms with Crippen LogP contribution in [-0.2, 0) is 6.42 Å². The highest BCUT2D eigenvalue weighted by molar-refractivity contribution is 5.72. The third-order valence-electron chi connectivity index (χ3n) is 5.09. The van der Waals surface area contributed by atoms with E-state index >= 15 is 0 Å². The molecule has 0 bridgehead atoms. The molecule has 4 aromatic heterocycles. The van der Waals surface area contributed by atoms with Crippen LogP contribution in [0.1, 0.15) is 18.5 Å². The van der Waals surface area contributed by atoms with E-state index in [1.165, 1.54) is 6.42 Å². The summed E-state index contributed by atoms with van der Waals surface area (Å²) in [6.07, 6.45) is 10.4. The number of imidazole rings is 1. The summed E-state index contributed by atoms with van der Waals surface area (Å²) in [5, 5.41) is 6.93. The van der Waals surface area contributed by atoms with E-state index in [0.717, 1.165) is 48.8 Å². The molecule has 1 atom stereocenters. The van der Waals surface area contributed by atoms with E-state index in [1.54, 1.807) is 12.7 Å². The van der Waals surface area contributed by atoms with Gasteiger partial charge in [0.2, 0.25) is 5.95 Å². The van der Waals surface area contributed by atoms with Gasteiger partial charge < -0.3 is 9.30 Å². The number of rotatable bonds is 4. The largest absolute Gasteiger partial charge is 0.341 e. The molecular weight excluding hydrogens is 340 g/mol. The van der Waals surface area contributed by atoms with Crippen molar-refractivity contribution in [3.8, 4) is 11.5 Å². The van der Waals surface area contributed by atoms with Crippen molar-refractivity contribution in [3.05, 3.63) is 55.0 Å². The molecule has 27 heavy (non-hydrogen) atoms. The fraction of sp³-hybridized carbons (Fsp3) is 0.316. The molecule has 5 heterocycles. The van der Waals surface area contributed by atoms with Gasteiger partial charge >= 0.3 is 0 Å². The van der Waals surface area contributed by atoms with E-state index in [2.05, 4.69) is 30.0 Å². The standard InChI is InChI=1S/C19H20N8/c1-2-8-27-13-22-17(16(27)5-1)18-20-7-6-15(24-18)10-14-4-3-9-26(11-14)19-21-12-23-25-19/h1-2,5-8,12-14H,3-4,9-11H2,(H,21,23,25)/t14-/m0/s1. The molecule has 0 spiro atoms. The topological polar surface area (TPSA) is 87.9 Å². The number of aromatic amines is 1. The normalized spacial score (nSPS) is 17.5. The number of nitrogens with one attached hydrogen (secondary N) is 1. The molecule has 0 unspecified atom stereocenters. The van der Waals surface area contributed by atoms with Gasteiger partial charge in [-0.15, -0.1) is 0 Å². The summed E-state index contributed by atoms with van der Waals surface area (Å²) >= 11 is 0. The number of hydrogen-bond acceptors (Lipinski definition) is 6. The van der Waals surface area contributed by atoms with Crippen LogP contribution >= 0.6 is 0 Å². The second-order valence-corrected chi connectivity index (χ2v) is 6.93. The van der Waals surface area contributed by atoms with E-state index in [4.69, 9.17) is 4.98 Å². The lowest BCUT2D eigenvalue weighted by Gasteiger charge is -2.32. The predicted octanol–water partition coefficient (Wildman–Crippen LogP) is 2.37. The number of nitrogens with zero attached hydrogens (tertiary/aromatic N) is 7. The Morgan fingerprint density at radius 2 is 2.15 bits per heavy atom. The highest BCUT2D eigenvalue weighted by atomic mass is 15.3. The van der Waals surface area contributed by atoms with Crippen LogP contribution in [0.4, 0.5) is 5.95 Å². The molecular formula is C19H20N8. The average Bonchev–Trinajstić information content (AvgIpc) is 3.39. The van der Waals surface area contributed by atoms with Gasteiger partial charge in [0.05, 0.1) is 5.52 Å². The van der Waals surface area contributed by atoms with Crippen LogP contribution in [0.2, 0.25) is 0 Å². The maximum Gasteiger partial charge on any atom is 0.221 e. The third-order valence-corrected chi connectivity index (χ3v) is 5.09. The van der Waals surface area contributed by atoms with Crippen molar-refractivity contribution in [2.45, 2.75) is 19.3 Å². The van der Waals surface area contributed by atoms with Crippen molar-refractivity contribution in [1.29, 1.82) is 0 Å². The lowest BCUT2D eigenvalue weighted by atomic mass is 9.93. The Morgan fingerprint density at radius 1 is 1.15 bits per heavy atom. The number of fused-ring (bicyclic) bond motifs is 1. The van der Waals surface area contributed by atoms with Crippen molar-refractivity contribution in [1.82, 2.24) is 34.5 Å². The molecule has 136 valence electrons. The summed E-state index contributed by atoms with van der Waals surface area (Å²) < 4.78 is 1.99. The molecule has 1 N–H and O–H groups in total. The van der Waals surface area contributed by atoms with E-state index in [0.29, 0.717) is 11.7 Å². The zero-order chi connectivity index (χ0) is 18.1. The molecule has 1 aliphatic rings. The van der Waals surface area contributed by atoms with Gasteiger partial charge in [-0.2, -0.15) is 10.1 Å². The quantitative estimate of drug-likeness (QED) is 0.601. The second-order valence-electron chi connectivity index (χ2n) is 6.93. The zero-order valence-electron chi connectivity index (χ0n) is 14.9. The summed E-state index contributed by atoms with van der Waals surface area (Å²) in [5.74, 6) is 2.07. The summed E-state index contributed by atoms with van der Waals surface area (Å²) in [5.41, 5.74) is 2.90. The Hall–Kier alpha value is -3.29. The monoisotopic (exact) mass is 360 g/mol. The fourth-order valence-electron chi connectivity index (χ4n) is 3.81. The second kappa shape index (κ2) is 6.79. The predicted molar refractivity (Wildman–Crippen MR) is 101 cm³/mol. The molecule has 8 heteroatoms.